The lowest BCUT2D eigenvalue weighted by molar-refractivity contribution is 0.416. The normalized spacial score (nSPS) is 10.4. The van der Waals surface area contributed by atoms with Gasteiger partial charge in [-0.15, -0.1) is 11.3 Å². The molecule has 0 fully saturated rings. The van der Waals surface area contributed by atoms with E-state index < -0.39 is 0 Å². The van der Waals surface area contributed by atoms with E-state index in [4.69, 9.17) is 22.1 Å². The summed E-state index contributed by atoms with van der Waals surface area (Å²) >= 11 is 7.57. The number of nitrogens with two attached hydrogens (primary N) is 1. The summed E-state index contributed by atoms with van der Waals surface area (Å²) in [4.78, 5) is 1.16. The van der Waals surface area contributed by atoms with Crippen molar-refractivity contribution < 1.29 is 4.74 Å². The smallest absolute Gasteiger partial charge is 0.126 e. The van der Waals surface area contributed by atoms with E-state index >= 15 is 0 Å². The van der Waals surface area contributed by atoms with Crippen LogP contribution in [-0.2, 0) is 0 Å². The first-order valence-electron chi connectivity index (χ1n) is 4.81. The van der Waals surface area contributed by atoms with E-state index in [1.807, 2.05) is 31.2 Å². The van der Waals surface area contributed by atoms with Crippen molar-refractivity contribution in [2.75, 3.05) is 12.8 Å². The summed E-state index contributed by atoms with van der Waals surface area (Å²) in [5, 5.41) is 1.49. The molecular formula is C12H12ClNOS. The van der Waals surface area contributed by atoms with Crippen LogP contribution in [-0.4, -0.2) is 7.11 Å². The predicted molar refractivity (Wildman–Crippen MR) is 70.5 cm³/mol. The van der Waals surface area contributed by atoms with Crippen molar-refractivity contribution in [1.82, 2.24) is 0 Å². The topological polar surface area (TPSA) is 35.2 Å². The highest BCUT2D eigenvalue weighted by molar-refractivity contribution is 7.16. The van der Waals surface area contributed by atoms with Crippen molar-refractivity contribution >= 4 is 27.9 Å². The Morgan fingerprint density at radius 3 is 2.56 bits per heavy atom. The molecule has 0 saturated heterocycles. The molecule has 84 valence electrons. The first kappa shape index (κ1) is 11.3. The summed E-state index contributed by atoms with van der Waals surface area (Å²) in [6, 6.07) is 7.53. The van der Waals surface area contributed by atoms with Crippen molar-refractivity contribution in [2.24, 2.45) is 0 Å². The molecule has 16 heavy (non-hydrogen) atoms. The van der Waals surface area contributed by atoms with Gasteiger partial charge >= 0.3 is 0 Å². The van der Waals surface area contributed by atoms with Gasteiger partial charge in [0.2, 0.25) is 0 Å². The highest BCUT2D eigenvalue weighted by Gasteiger charge is 2.11. The van der Waals surface area contributed by atoms with Crippen LogP contribution < -0.4 is 10.5 Å². The van der Waals surface area contributed by atoms with Crippen LogP contribution in [0.15, 0.2) is 24.3 Å². The fourth-order valence-electron chi connectivity index (χ4n) is 1.66. The minimum atomic E-state index is 0.694. The minimum absolute atomic E-state index is 0.694. The molecule has 1 aromatic carbocycles. The second kappa shape index (κ2) is 4.36. The molecule has 0 unspecified atom stereocenters. The third-order valence-electron chi connectivity index (χ3n) is 2.39. The van der Waals surface area contributed by atoms with Crippen molar-refractivity contribution in [3.63, 3.8) is 0 Å². The summed E-state index contributed by atoms with van der Waals surface area (Å²) in [6.07, 6.45) is 0. The van der Waals surface area contributed by atoms with Crippen molar-refractivity contribution in [3.8, 4) is 16.9 Å². The Kier molecular flexibility index (Phi) is 3.08. The number of anilines is 1. The lowest BCUT2D eigenvalue weighted by atomic mass is 10.1. The van der Waals surface area contributed by atoms with Crippen LogP contribution in [0.2, 0.25) is 5.02 Å². The molecule has 0 radical (unpaired) electrons. The second-order valence-electron chi connectivity index (χ2n) is 3.46. The lowest BCUT2D eigenvalue weighted by Crippen LogP contribution is -1.87. The van der Waals surface area contributed by atoms with Gasteiger partial charge in [0.15, 0.2) is 0 Å². The van der Waals surface area contributed by atoms with Crippen molar-refractivity contribution in [3.05, 3.63) is 34.2 Å². The molecule has 0 aliphatic carbocycles. The molecule has 0 bridgehead atoms. The largest absolute Gasteiger partial charge is 0.496 e. The van der Waals surface area contributed by atoms with Gasteiger partial charge in [-0.1, -0.05) is 11.6 Å². The predicted octanol–water partition coefficient (Wildman–Crippen LogP) is 3.97. The molecular weight excluding hydrogens is 242 g/mol. The Morgan fingerprint density at radius 2 is 2.00 bits per heavy atom. The summed E-state index contributed by atoms with van der Waals surface area (Å²) in [6.45, 7) is 2.04. The zero-order valence-electron chi connectivity index (χ0n) is 9.08. The van der Waals surface area contributed by atoms with Crippen molar-refractivity contribution in [2.45, 2.75) is 6.92 Å². The highest BCUT2D eigenvalue weighted by Crippen LogP contribution is 2.38. The lowest BCUT2D eigenvalue weighted by Gasteiger charge is -2.08. The van der Waals surface area contributed by atoms with Gasteiger partial charge in [-0.3, -0.25) is 0 Å². The number of aryl methyl sites for hydroxylation is 1. The van der Waals surface area contributed by atoms with Gasteiger partial charge in [0, 0.05) is 21.0 Å². The fraction of sp³-hybridized carbons (Fsp3) is 0.167. The van der Waals surface area contributed by atoms with E-state index in [2.05, 4.69) is 0 Å². The molecule has 0 saturated carbocycles. The average molecular weight is 254 g/mol. The number of halogens is 1. The van der Waals surface area contributed by atoms with E-state index in [9.17, 15) is 0 Å². The second-order valence-corrected chi connectivity index (χ2v) is 5.19. The maximum absolute atomic E-state index is 6.00. The minimum Gasteiger partial charge on any atom is -0.496 e. The zero-order chi connectivity index (χ0) is 11.7. The quantitative estimate of drug-likeness (QED) is 0.879. The van der Waals surface area contributed by atoms with E-state index in [-0.39, 0.29) is 0 Å². The molecule has 0 aliphatic heterocycles. The molecule has 1 heterocycles. The first-order valence-corrected chi connectivity index (χ1v) is 6.01. The van der Waals surface area contributed by atoms with Gasteiger partial charge in [-0.25, -0.2) is 0 Å². The SMILES string of the molecule is COc1ccc(Cl)cc1-c1cc(N)sc1C. The number of methoxy groups -OCH3 is 1. The van der Waals surface area contributed by atoms with E-state index in [0.29, 0.717) is 5.02 Å². The molecule has 0 amide bonds. The fourth-order valence-corrected chi connectivity index (χ4v) is 2.64. The number of hydrogen-bond donors (Lipinski definition) is 1. The Labute approximate surface area is 104 Å². The van der Waals surface area contributed by atoms with Crippen LogP contribution in [0, 0.1) is 6.92 Å². The number of ether oxygens (including phenoxy) is 1. The molecule has 0 aliphatic rings. The number of rotatable bonds is 2. The molecule has 2 rings (SSSR count). The van der Waals surface area contributed by atoms with Crippen LogP contribution in [0.1, 0.15) is 4.88 Å². The Hall–Kier alpha value is -1.19. The number of hydrogen-bond acceptors (Lipinski definition) is 3. The Balaban J connectivity index is 2.62. The zero-order valence-corrected chi connectivity index (χ0v) is 10.7. The monoisotopic (exact) mass is 253 g/mol. The third kappa shape index (κ3) is 2.01. The molecule has 2 nitrogen and oxygen atoms in total. The van der Waals surface area contributed by atoms with Crippen LogP contribution in [0.25, 0.3) is 11.1 Å². The van der Waals surface area contributed by atoms with Gasteiger partial charge in [0.1, 0.15) is 5.75 Å². The van der Waals surface area contributed by atoms with Gasteiger partial charge in [-0.05, 0) is 31.2 Å². The van der Waals surface area contributed by atoms with Crippen LogP contribution >= 0.6 is 22.9 Å². The van der Waals surface area contributed by atoms with Crippen LogP contribution in [0.5, 0.6) is 5.75 Å². The maximum atomic E-state index is 6.00. The molecule has 2 N–H and O–H groups in total. The van der Waals surface area contributed by atoms with Crippen LogP contribution in [0.3, 0.4) is 0 Å². The Bertz CT molecular complexity index is 522. The Morgan fingerprint density at radius 1 is 1.25 bits per heavy atom. The maximum Gasteiger partial charge on any atom is 0.126 e. The van der Waals surface area contributed by atoms with E-state index in [1.165, 1.54) is 0 Å². The van der Waals surface area contributed by atoms with Crippen molar-refractivity contribution in [1.29, 1.82) is 0 Å². The van der Waals surface area contributed by atoms with Gasteiger partial charge in [-0.2, -0.15) is 0 Å². The first-order chi connectivity index (χ1) is 7.61. The number of thiophene rings is 1. The number of nitrogen functional groups attached to an aromatic ring is 1. The van der Waals surface area contributed by atoms with Gasteiger partial charge in [0.05, 0.1) is 12.1 Å². The number of benzene rings is 1. The molecule has 0 atom stereocenters. The molecule has 1 aromatic heterocycles. The molecule has 0 spiro atoms. The average Bonchev–Trinajstić information content (AvgIpc) is 2.57. The summed E-state index contributed by atoms with van der Waals surface area (Å²) in [5.41, 5.74) is 7.86. The highest BCUT2D eigenvalue weighted by atomic mass is 35.5. The molecule has 2 aromatic rings. The summed E-state index contributed by atoms with van der Waals surface area (Å²) in [7, 11) is 1.65. The van der Waals surface area contributed by atoms with E-state index in [1.54, 1.807) is 18.4 Å². The summed E-state index contributed by atoms with van der Waals surface area (Å²) in [5.74, 6) is 0.810. The third-order valence-corrected chi connectivity index (χ3v) is 3.50. The van der Waals surface area contributed by atoms with E-state index in [0.717, 1.165) is 26.8 Å². The van der Waals surface area contributed by atoms with Gasteiger partial charge in [0.25, 0.3) is 0 Å². The standard InChI is InChI=1S/C12H12ClNOS/c1-7-9(6-12(14)16-7)10-5-8(13)3-4-11(10)15-2/h3-6H,14H2,1-2H3. The molecule has 4 heteroatoms. The summed E-state index contributed by atoms with van der Waals surface area (Å²) < 4.78 is 5.32. The van der Waals surface area contributed by atoms with Crippen LogP contribution in [0.4, 0.5) is 5.00 Å². The van der Waals surface area contributed by atoms with Gasteiger partial charge < -0.3 is 10.5 Å².